The Kier molecular flexibility index (Phi) is 4.24. The molecule has 0 aliphatic carbocycles. The van der Waals surface area contributed by atoms with Gasteiger partial charge >= 0.3 is 0 Å². The maximum atomic E-state index is 13.6. The third kappa shape index (κ3) is 3.22. The van der Waals surface area contributed by atoms with Gasteiger partial charge in [0.25, 0.3) is 5.91 Å². The van der Waals surface area contributed by atoms with Crippen LogP contribution in [0.2, 0.25) is 0 Å². The van der Waals surface area contributed by atoms with Gasteiger partial charge < -0.3 is 5.32 Å². The number of amides is 1. The molecule has 4 rings (SSSR count). The van der Waals surface area contributed by atoms with Gasteiger partial charge in [0.05, 0.1) is 22.4 Å². The van der Waals surface area contributed by atoms with Crippen LogP contribution < -0.4 is 5.32 Å². The van der Waals surface area contributed by atoms with Crippen LogP contribution in [0.15, 0.2) is 66.3 Å². The van der Waals surface area contributed by atoms with Crippen molar-refractivity contribution in [3.8, 4) is 16.4 Å². The van der Waals surface area contributed by atoms with Gasteiger partial charge in [0.15, 0.2) is 5.82 Å². The third-order valence-electron chi connectivity index (χ3n) is 3.52. The van der Waals surface area contributed by atoms with Gasteiger partial charge in [-0.05, 0) is 41.8 Å². The van der Waals surface area contributed by atoms with E-state index in [4.69, 9.17) is 0 Å². The Hall–Kier alpha value is -3.39. The van der Waals surface area contributed by atoms with Crippen molar-refractivity contribution < 1.29 is 9.18 Å². The molecule has 3 heterocycles. The molecule has 4 aromatic rings. The lowest BCUT2D eigenvalue weighted by atomic mass is 10.3. The zero-order chi connectivity index (χ0) is 17.9. The zero-order valence-corrected chi connectivity index (χ0v) is 14.2. The fourth-order valence-corrected chi connectivity index (χ4v) is 3.08. The molecule has 0 radical (unpaired) electrons. The summed E-state index contributed by atoms with van der Waals surface area (Å²) < 4.78 is 15.1. The van der Waals surface area contributed by atoms with Gasteiger partial charge in [-0.15, -0.1) is 16.4 Å². The summed E-state index contributed by atoms with van der Waals surface area (Å²) in [6, 6.07) is 13.2. The first-order valence-corrected chi connectivity index (χ1v) is 8.57. The second-order valence-corrected chi connectivity index (χ2v) is 6.27. The number of rotatable bonds is 4. The molecule has 0 spiro atoms. The summed E-state index contributed by atoms with van der Waals surface area (Å²) in [6.45, 7) is 0. The number of anilines is 1. The van der Waals surface area contributed by atoms with E-state index in [1.807, 2.05) is 17.5 Å². The van der Waals surface area contributed by atoms with Gasteiger partial charge in [0.2, 0.25) is 5.82 Å². The highest BCUT2D eigenvalue weighted by molar-refractivity contribution is 7.13. The average molecular weight is 365 g/mol. The van der Waals surface area contributed by atoms with Crippen molar-refractivity contribution in [1.29, 1.82) is 0 Å². The molecule has 1 amide bonds. The van der Waals surface area contributed by atoms with Crippen LogP contribution in [0.1, 0.15) is 10.6 Å². The predicted molar refractivity (Wildman–Crippen MR) is 96.8 cm³/mol. The first kappa shape index (κ1) is 16.1. The Bertz CT molecular complexity index is 1050. The fraction of sp³-hybridized carbons (Fsp3) is 0. The number of pyridine rings is 1. The normalized spacial score (nSPS) is 10.7. The second kappa shape index (κ2) is 6.85. The smallest absolute Gasteiger partial charge is 0.295 e. The minimum absolute atomic E-state index is 0.0125. The molecule has 26 heavy (non-hydrogen) atoms. The van der Waals surface area contributed by atoms with Crippen molar-refractivity contribution in [2.75, 3.05) is 5.32 Å². The Balaban J connectivity index is 1.75. The topological polar surface area (TPSA) is 72.7 Å². The Morgan fingerprint density at radius 3 is 2.81 bits per heavy atom. The van der Waals surface area contributed by atoms with E-state index >= 15 is 0 Å². The van der Waals surface area contributed by atoms with Gasteiger partial charge in [-0.2, -0.15) is 0 Å². The molecule has 1 N–H and O–H groups in total. The van der Waals surface area contributed by atoms with Crippen LogP contribution in [0.3, 0.4) is 0 Å². The molecular weight excluding hydrogens is 353 g/mol. The van der Waals surface area contributed by atoms with Gasteiger partial charge in [-0.3, -0.25) is 9.78 Å². The number of halogens is 1. The molecule has 0 unspecified atom stereocenters. The minimum Gasteiger partial charge on any atom is -0.318 e. The van der Waals surface area contributed by atoms with Crippen molar-refractivity contribution in [2.45, 2.75) is 0 Å². The van der Waals surface area contributed by atoms with Crippen molar-refractivity contribution in [2.24, 2.45) is 0 Å². The van der Waals surface area contributed by atoms with Crippen LogP contribution in [0, 0.1) is 5.82 Å². The average Bonchev–Trinajstić information content (AvgIpc) is 3.32. The summed E-state index contributed by atoms with van der Waals surface area (Å²) in [5.74, 6) is -0.397. The van der Waals surface area contributed by atoms with Crippen LogP contribution in [0.4, 0.5) is 10.1 Å². The van der Waals surface area contributed by atoms with Crippen LogP contribution >= 0.6 is 11.3 Å². The van der Waals surface area contributed by atoms with E-state index in [1.54, 1.807) is 30.5 Å². The Labute approximate surface area is 152 Å². The molecule has 0 aliphatic heterocycles. The summed E-state index contributed by atoms with van der Waals surface area (Å²) in [5, 5.41) is 8.88. The molecule has 0 atom stereocenters. The zero-order valence-electron chi connectivity index (χ0n) is 13.3. The first-order chi connectivity index (χ1) is 12.7. The summed E-state index contributed by atoms with van der Waals surface area (Å²) >= 11 is 1.46. The number of nitrogens with zero attached hydrogens (tertiary/aromatic N) is 4. The number of carbonyl (C=O) groups is 1. The maximum Gasteiger partial charge on any atom is 0.295 e. The molecular formula is C18H12FN5OS. The molecule has 0 bridgehead atoms. The molecule has 0 saturated heterocycles. The molecule has 0 fully saturated rings. The van der Waals surface area contributed by atoms with Crippen molar-refractivity contribution in [3.63, 3.8) is 0 Å². The highest BCUT2D eigenvalue weighted by Gasteiger charge is 2.19. The van der Waals surface area contributed by atoms with Gasteiger partial charge in [-0.25, -0.2) is 14.1 Å². The monoisotopic (exact) mass is 365 g/mol. The summed E-state index contributed by atoms with van der Waals surface area (Å²) in [7, 11) is 0. The SMILES string of the molecule is O=C(Nc1cccnc1)c1nc(-c2cccs2)n(-c2cccc(F)c2)n1. The predicted octanol–water partition coefficient (Wildman–Crippen LogP) is 3.78. The largest absolute Gasteiger partial charge is 0.318 e. The summed E-state index contributed by atoms with van der Waals surface area (Å²) in [6.07, 6.45) is 3.14. The summed E-state index contributed by atoms with van der Waals surface area (Å²) in [5.41, 5.74) is 1.03. The quantitative estimate of drug-likeness (QED) is 0.597. The highest BCUT2D eigenvalue weighted by Crippen LogP contribution is 2.26. The van der Waals surface area contributed by atoms with E-state index < -0.39 is 11.7 Å². The van der Waals surface area contributed by atoms with E-state index in [9.17, 15) is 9.18 Å². The number of carbonyl (C=O) groups excluding carboxylic acids is 1. The lowest BCUT2D eigenvalue weighted by Crippen LogP contribution is -2.14. The number of nitrogens with one attached hydrogen (secondary N) is 1. The molecule has 128 valence electrons. The van der Waals surface area contributed by atoms with Crippen molar-refractivity contribution in [3.05, 3.63) is 77.9 Å². The van der Waals surface area contributed by atoms with Crippen LogP contribution in [0.25, 0.3) is 16.4 Å². The molecule has 0 aliphatic rings. The van der Waals surface area contributed by atoms with Crippen LogP contribution in [-0.2, 0) is 0 Å². The second-order valence-electron chi connectivity index (χ2n) is 5.32. The minimum atomic E-state index is -0.467. The van der Waals surface area contributed by atoms with E-state index in [2.05, 4.69) is 20.4 Å². The molecule has 1 aromatic carbocycles. The summed E-state index contributed by atoms with van der Waals surface area (Å²) in [4.78, 5) is 21.6. The van der Waals surface area contributed by atoms with E-state index in [1.165, 1.54) is 34.3 Å². The van der Waals surface area contributed by atoms with Crippen LogP contribution in [-0.4, -0.2) is 25.7 Å². The van der Waals surface area contributed by atoms with Crippen molar-refractivity contribution in [1.82, 2.24) is 19.7 Å². The van der Waals surface area contributed by atoms with E-state index in [-0.39, 0.29) is 5.82 Å². The number of hydrogen-bond donors (Lipinski definition) is 1. The van der Waals surface area contributed by atoms with E-state index in [0.717, 1.165) is 4.88 Å². The molecule has 6 nitrogen and oxygen atoms in total. The Morgan fingerprint density at radius 2 is 2.08 bits per heavy atom. The first-order valence-electron chi connectivity index (χ1n) is 7.69. The standard InChI is InChI=1S/C18H12FN5OS/c19-12-4-1-6-14(10-12)24-17(15-7-3-9-26-15)22-16(23-24)18(25)21-13-5-2-8-20-11-13/h1-11H,(H,21,25). The van der Waals surface area contributed by atoms with Gasteiger partial charge in [-0.1, -0.05) is 12.1 Å². The lowest BCUT2D eigenvalue weighted by molar-refractivity contribution is 0.101. The number of thiophene rings is 1. The van der Waals surface area contributed by atoms with E-state index in [0.29, 0.717) is 17.2 Å². The van der Waals surface area contributed by atoms with Crippen LogP contribution in [0.5, 0.6) is 0 Å². The third-order valence-corrected chi connectivity index (χ3v) is 4.39. The molecule has 3 aromatic heterocycles. The fourth-order valence-electron chi connectivity index (χ4n) is 2.39. The number of benzene rings is 1. The lowest BCUT2D eigenvalue weighted by Gasteiger charge is -2.04. The maximum absolute atomic E-state index is 13.6. The van der Waals surface area contributed by atoms with Gasteiger partial charge in [0, 0.05) is 6.20 Å². The van der Waals surface area contributed by atoms with Crippen molar-refractivity contribution >= 4 is 22.9 Å². The van der Waals surface area contributed by atoms with Gasteiger partial charge in [0.1, 0.15) is 5.82 Å². The number of hydrogen-bond acceptors (Lipinski definition) is 5. The number of aromatic nitrogens is 4. The molecule has 0 saturated carbocycles. The highest BCUT2D eigenvalue weighted by atomic mass is 32.1. The Morgan fingerprint density at radius 1 is 1.15 bits per heavy atom. The molecule has 8 heteroatoms.